The first-order valence-corrected chi connectivity index (χ1v) is 8.57. The van der Waals surface area contributed by atoms with E-state index in [1.54, 1.807) is 17.5 Å². The molecule has 5 heteroatoms. The SMILES string of the molecule is Cc1cn(Cc2csc3cccc(Cl)c23)c(-c2cccnc2)n1. The van der Waals surface area contributed by atoms with Gasteiger partial charge in [0.25, 0.3) is 0 Å². The fourth-order valence-electron chi connectivity index (χ4n) is 2.80. The van der Waals surface area contributed by atoms with Crippen molar-refractivity contribution in [2.24, 2.45) is 0 Å². The Morgan fingerprint density at radius 3 is 2.96 bits per heavy atom. The van der Waals surface area contributed by atoms with Gasteiger partial charge in [0, 0.05) is 39.3 Å². The first-order chi connectivity index (χ1) is 11.2. The minimum atomic E-state index is 0.745. The molecule has 3 aromatic heterocycles. The third kappa shape index (κ3) is 2.64. The molecule has 0 spiro atoms. The Kier molecular flexibility index (Phi) is 3.63. The Labute approximate surface area is 143 Å². The monoisotopic (exact) mass is 339 g/mol. The number of halogens is 1. The average Bonchev–Trinajstić information content (AvgIpc) is 3.13. The van der Waals surface area contributed by atoms with E-state index in [2.05, 4.69) is 32.2 Å². The number of thiophene rings is 1. The molecule has 1 aromatic carbocycles. The standard InChI is InChI=1S/C18H14ClN3S/c1-12-9-22(18(21-12)13-4-3-7-20-8-13)10-14-11-23-16-6-2-5-15(19)17(14)16/h2-9,11H,10H2,1H3. The zero-order valence-electron chi connectivity index (χ0n) is 12.5. The highest BCUT2D eigenvalue weighted by atomic mass is 35.5. The second-order valence-corrected chi connectivity index (χ2v) is 6.77. The van der Waals surface area contributed by atoms with Gasteiger partial charge in [0.05, 0.1) is 12.2 Å². The van der Waals surface area contributed by atoms with E-state index in [9.17, 15) is 0 Å². The number of hydrogen-bond acceptors (Lipinski definition) is 3. The highest BCUT2D eigenvalue weighted by Crippen LogP contribution is 2.33. The van der Waals surface area contributed by atoms with Crippen molar-refractivity contribution in [1.29, 1.82) is 0 Å². The number of hydrogen-bond donors (Lipinski definition) is 0. The van der Waals surface area contributed by atoms with Crippen molar-refractivity contribution >= 4 is 33.0 Å². The highest BCUT2D eigenvalue weighted by Gasteiger charge is 2.12. The molecule has 0 fully saturated rings. The topological polar surface area (TPSA) is 30.7 Å². The first-order valence-electron chi connectivity index (χ1n) is 7.31. The van der Waals surface area contributed by atoms with Crippen LogP contribution < -0.4 is 0 Å². The molecular weight excluding hydrogens is 326 g/mol. The molecule has 0 N–H and O–H groups in total. The molecule has 0 aliphatic heterocycles. The normalized spacial score (nSPS) is 11.2. The van der Waals surface area contributed by atoms with Gasteiger partial charge in [-0.25, -0.2) is 4.98 Å². The smallest absolute Gasteiger partial charge is 0.142 e. The molecule has 0 unspecified atom stereocenters. The molecular formula is C18H14ClN3S. The fourth-order valence-corrected chi connectivity index (χ4v) is 4.13. The van der Waals surface area contributed by atoms with Gasteiger partial charge in [0.2, 0.25) is 0 Å². The van der Waals surface area contributed by atoms with E-state index in [1.165, 1.54) is 10.3 Å². The summed E-state index contributed by atoms with van der Waals surface area (Å²) in [7, 11) is 0. The molecule has 0 aliphatic rings. The number of aromatic nitrogens is 3. The number of pyridine rings is 1. The van der Waals surface area contributed by atoms with Gasteiger partial charge < -0.3 is 4.57 Å². The lowest BCUT2D eigenvalue weighted by Gasteiger charge is -2.07. The summed E-state index contributed by atoms with van der Waals surface area (Å²) >= 11 is 8.13. The second-order valence-electron chi connectivity index (χ2n) is 5.45. The molecule has 114 valence electrons. The van der Waals surface area contributed by atoms with Crippen LogP contribution in [0.3, 0.4) is 0 Å². The van der Waals surface area contributed by atoms with E-state index in [1.807, 2.05) is 37.4 Å². The molecule has 0 saturated heterocycles. The molecule has 0 atom stereocenters. The molecule has 0 bridgehead atoms. The predicted molar refractivity (Wildman–Crippen MR) is 96.1 cm³/mol. The van der Waals surface area contributed by atoms with Gasteiger partial charge in [0.15, 0.2) is 0 Å². The van der Waals surface area contributed by atoms with Crippen LogP contribution in [0.25, 0.3) is 21.5 Å². The molecule has 23 heavy (non-hydrogen) atoms. The number of fused-ring (bicyclic) bond motifs is 1. The van der Waals surface area contributed by atoms with Crippen molar-refractivity contribution in [2.75, 3.05) is 0 Å². The van der Waals surface area contributed by atoms with Crippen LogP contribution in [0.15, 0.2) is 54.3 Å². The third-order valence-electron chi connectivity index (χ3n) is 3.78. The molecule has 4 aromatic rings. The van der Waals surface area contributed by atoms with Crippen LogP contribution >= 0.6 is 22.9 Å². The van der Waals surface area contributed by atoms with Crippen molar-refractivity contribution in [1.82, 2.24) is 14.5 Å². The zero-order chi connectivity index (χ0) is 15.8. The summed E-state index contributed by atoms with van der Waals surface area (Å²) in [6.07, 6.45) is 5.69. The molecule has 0 aliphatic carbocycles. The summed E-state index contributed by atoms with van der Waals surface area (Å²) in [5, 5.41) is 4.12. The van der Waals surface area contributed by atoms with Crippen molar-refractivity contribution in [3.8, 4) is 11.4 Å². The van der Waals surface area contributed by atoms with Crippen LogP contribution in [-0.2, 0) is 6.54 Å². The van der Waals surface area contributed by atoms with Gasteiger partial charge >= 0.3 is 0 Å². The van der Waals surface area contributed by atoms with E-state index < -0.39 is 0 Å². The number of benzene rings is 1. The number of aryl methyl sites for hydroxylation is 1. The first kappa shape index (κ1) is 14.4. The Morgan fingerprint density at radius 1 is 1.22 bits per heavy atom. The minimum Gasteiger partial charge on any atom is -0.326 e. The zero-order valence-corrected chi connectivity index (χ0v) is 14.1. The number of nitrogens with zero attached hydrogens (tertiary/aromatic N) is 3. The van der Waals surface area contributed by atoms with Crippen LogP contribution in [0.2, 0.25) is 5.02 Å². The largest absolute Gasteiger partial charge is 0.326 e. The number of rotatable bonds is 3. The summed E-state index contributed by atoms with van der Waals surface area (Å²) in [6.45, 7) is 2.75. The molecule has 0 saturated carbocycles. The maximum Gasteiger partial charge on any atom is 0.142 e. The average molecular weight is 340 g/mol. The maximum atomic E-state index is 6.40. The summed E-state index contributed by atoms with van der Waals surface area (Å²) in [5.74, 6) is 0.932. The third-order valence-corrected chi connectivity index (χ3v) is 5.09. The predicted octanol–water partition coefficient (Wildman–Crippen LogP) is 5.17. The summed E-state index contributed by atoms with van der Waals surface area (Å²) in [5.41, 5.74) is 3.24. The highest BCUT2D eigenvalue weighted by molar-refractivity contribution is 7.17. The van der Waals surface area contributed by atoms with E-state index in [4.69, 9.17) is 11.6 Å². The van der Waals surface area contributed by atoms with Crippen molar-refractivity contribution in [3.05, 3.63) is 70.6 Å². The lowest BCUT2D eigenvalue weighted by Crippen LogP contribution is -2.00. The van der Waals surface area contributed by atoms with Crippen LogP contribution in [0.5, 0.6) is 0 Å². The van der Waals surface area contributed by atoms with Gasteiger partial charge in [-0.2, -0.15) is 0 Å². The minimum absolute atomic E-state index is 0.745. The Bertz CT molecular complexity index is 973. The lowest BCUT2D eigenvalue weighted by molar-refractivity contribution is 0.813. The molecule has 3 heterocycles. The van der Waals surface area contributed by atoms with Crippen molar-refractivity contribution < 1.29 is 0 Å². The van der Waals surface area contributed by atoms with E-state index in [-0.39, 0.29) is 0 Å². The summed E-state index contributed by atoms with van der Waals surface area (Å²) in [6, 6.07) is 10.0. The van der Waals surface area contributed by atoms with Crippen LogP contribution in [0.4, 0.5) is 0 Å². The second kappa shape index (κ2) is 5.80. The molecule has 4 rings (SSSR count). The van der Waals surface area contributed by atoms with Gasteiger partial charge in [-0.1, -0.05) is 17.7 Å². The maximum absolute atomic E-state index is 6.40. The van der Waals surface area contributed by atoms with E-state index in [0.29, 0.717) is 0 Å². The van der Waals surface area contributed by atoms with Gasteiger partial charge in [-0.05, 0) is 42.1 Å². The number of imidazole rings is 1. The Hall–Kier alpha value is -2.17. The van der Waals surface area contributed by atoms with E-state index in [0.717, 1.165) is 34.0 Å². The Balaban J connectivity index is 1.80. The molecule has 3 nitrogen and oxygen atoms in total. The van der Waals surface area contributed by atoms with Crippen LogP contribution in [0.1, 0.15) is 11.3 Å². The summed E-state index contributed by atoms with van der Waals surface area (Å²) < 4.78 is 3.38. The lowest BCUT2D eigenvalue weighted by atomic mass is 10.1. The van der Waals surface area contributed by atoms with E-state index >= 15 is 0 Å². The van der Waals surface area contributed by atoms with Crippen LogP contribution in [-0.4, -0.2) is 14.5 Å². The van der Waals surface area contributed by atoms with Crippen LogP contribution in [0, 0.1) is 6.92 Å². The molecule has 0 amide bonds. The summed E-state index contributed by atoms with van der Waals surface area (Å²) in [4.78, 5) is 8.86. The van der Waals surface area contributed by atoms with Gasteiger partial charge in [0.1, 0.15) is 5.82 Å². The van der Waals surface area contributed by atoms with Gasteiger partial charge in [-0.3, -0.25) is 4.98 Å². The Morgan fingerprint density at radius 2 is 2.13 bits per heavy atom. The molecule has 0 radical (unpaired) electrons. The van der Waals surface area contributed by atoms with Gasteiger partial charge in [-0.15, -0.1) is 11.3 Å². The fraction of sp³-hybridized carbons (Fsp3) is 0.111. The van der Waals surface area contributed by atoms with Crippen molar-refractivity contribution in [2.45, 2.75) is 13.5 Å². The quantitative estimate of drug-likeness (QED) is 0.515. The van der Waals surface area contributed by atoms with Crippen molar-refractivity contribution in [3.63, 3.8) is 0 Å².